The fourth-order valence-electron chi connectivity index (χ4n) is 5.12. The molecular formula is C22H26Cl2N6O2. The van der Waals surface area contributed by atoms with E-state index in [-0.39, 0.29) is 24.0 Å². The molecule has 2 saturated heterocycles. The lowest BCUT2D eigenvalue weighted by molar-refractivity contribution is 0.0580. The summed E-state index contributed by atoms with van der Waals surface area (Å²) in [5, 5.41) is 10.8. The highest BCUT2D eigenvalue weighted by Gasteiger charge is 2.42. The van der Waals surface area contributed by atoms with Crippen LogP contribution < -0.4 is 5.32 Å². The predicted octanol–water partition coefficient (Wildman–Crippen LogP) is 4.13. The van der Waals surface area contributed by atoms with Crippen LogP contribution in [0.5, 0.6) is 0 Å². The molecule has 170 valence electrons. The second kappa shape index (κ2) is 8.24. The van der Waals surface area contributed by atoms with E-state index in [2.05, 4.69) is 27.3 Å². The Hall–Kier alpha value is -2.29. The molecular weight excluding hydrogens is 451 g/mol. The van der Waals surface area contributed by atoms with Crippen molar-refractivity contribution in [1.82, 2.24) is 24.9 Å². The van der Waals surface area contributed by atoms with E-state index in [0.29, 0.717) is 34.0 Å². The number of carbonyl (C=O) groups is 2. The number of halogens is 2. The van der Waals surface area contributed by atoms with Crippen LogP contribution in [0.4, 0.5) is 10.6 Å². The molecule has 0 aliphatic carbocycles. The molecule has 0 saturated carbocycles. The van der Waals surface area contributed by atoms with Crippen LogP contribution in [0.1, 0.15) is 54.3 Å². The maximum atomic E-state index is 13.5. The summed E-state index contributed by atoms with van der Waals surface area (Å²) < 4.78 is 0. The number of aromatic amines is 1. The number of fused-ring (bicyclic) bond motifs is 2. The van der Waals surface area contributed by atoms with Gasteiger partial charge in [0.2, 0.25) is 0 Å². The van der Waals surface area contributed by atoms with Gasteiger partial charge in [0.15, 0.2) is 5.82 Å². The van der Waals surface area contributed by atoms with Gasteiger partial charge in [-0.1, -0.05) is 23.2 Å². The van der Waals surface area contributed by atoms with Gasteiger partial charge in [0.25, 0.3) is 5.91 Å². The van der Waals surface area contributed by atoms with E-state index in [4.69, 9.17) is 23.2 Å². The molecule has 3 aliphatic rings. The number of piperazine rings is 1. The Morgan fingerprint density at radius 1 is 1.16 bits per heavy atom. The van der Waals surface area contributed by atoms with Crippen LogP contribution >= 0.6 is 23.2 Å². The van der Waals surface area contributed by atoms with Crippen LogP contribution in [-0.2, 0) is 6.54 Å². The first-order chi connectivity index (χ1) is 15.3. The number of carbonyl (C=O) groups excluding carboxylic acids is 2. The summed E-state index contributed by atoms with van der Waals surface area (Å²) >= 11 is 12.0. The number of aromatic nitrogens is 2. The summed E-state index contributed by atoms with van der Waals surface area (Å²) in [4.78, 5) is 32.6. The molecule has 2 fully saturated rings. The van der Waals surface area contributed by atoms with Crippen molar-refractivity contribution in [3.8, 4) is 0 Å². The van der Waals surface area contributed by atoms with E-state index in [1.807, 2.05) is 16.7 Å². The van der Waals surface area contributed by atoms with Gasteiger partial charge in [-0.15, -0.1) is 0 Å². The summed E-state index contributed by atoms with van der Waals surface area (Å²) in [6, 6.07) is 5.26. The summed E-state index contributed by atoms with van der Waals surface area (Å²) in [6.07, 6.45) is 2.36. The van der Waals surface area contributed by atoms with Crippen molar-refractivity contribution < 1.29 is 9.59 Å². The van der Waals surface area contributed by atoms with Gasteiger partial charge in [-0.05, 0) is 51.4 Å². The number of hydrogen-bond donors (Lipinski definition) is 2. The minimum atomic E-state index is -0.332. The minimum absolute atomic E-state index is 0.0444. The Labute approximate surface area is 196 Å². The Morgan fingerprint density at radius 2 is 1.97 bits per heavy atom. The molecule has 10 heteroatoms. The maximum absolute atomic E-state index is 13.5. The molecule has 4 heterocycles. The van der Waals surface area contributed by atoms with Gasteiger partial charge in [-0.3, -0.25) is 14.8 Å². The molecule has 3 aliphatic heterocycles. The molecule has 0 spiro atoms. The summed E-state index contributed by atoms with van der Waals surface area (Å²) in [5.41, 5.74) is 2.08. The fraction of sp³-hybridized carbons (Fsp3) is 0.500. The average molecular weight is 477 g/mol. The summed E-state index contributed by atoms with van der Waals surface area (Å²) in [5.74, 6) is 0.105. The zero-order valence-corrected chi connectivity index (χ0v) is 19.6. The lowest BCUT2D eigenvalue weighted by atomic mass is 10.1. The summed E-state index contributed by atoms with van der Waals surface area (Å²) in [6.45, 7) is 7.35. The Bertz CT molecular complexity index is 1070. The van der Waals surface area contributed by atoms with Crippen molar-refractivity contribution in [2.24, 2.45) is 0 Å². The number of amides is 3. The molecule has 0 radical (unpaired) electrons. The highest BCUT2D eigenvalue weighted by molar-refractivity contribution is 6.42. The van der Waals surface area contributed by atoms with Crippen LogP contribution in [0.2, 0.25) is 10.0 Å². The number of H-pyrrole nitrogens is 1. The molecule has 2 aromatic rings. The molecule has 2 N–H and O–H groups in total. The third-order valence-corrected chi connectivity index (χ3v) is 7.69. The monoisotopic (exact) mass is 476 g/mol. The third kappa shape index (κ3) is 3.64. The number of hydrogen-bond acceptors (Lipinski definition) is 4. The summed E-state index contributed by atoms with van der Waals surface area (Å²) in [7, 11) is 0. The fourth-order valence-corrected chi connectivity index (χ4v) is 5.42. The van der Waals surface area contributed by atoms with Gasteiger partial charge in [0.1, 0.15) is 0 Å². The molecule has 32 heavy (non-hydrogen) atoms. The number of urea groups is 1. The normalized spacial score (nSPS) is 25.1. The smallest absolute Gasteiger partial charge is 0.319 e. The quantitative estimate of drug-likeness (QED) is 0.681. The van der Waals surface area contributed by atoms with Gasteiger partial charge >= 0.3 is 6.03 Å². The van der Waals surface area contributed by atoms with Gasteiger partial charge in [-0.2, -0.15) is 5.10 Å². The number of nitrogens with zero attached hydrogens (tertiary/aromatic N) is 4. The van der Waals surface area contributed by atoms with E-state index in [1.165, 1.54) is 12.5 Å². The standard InChI is InChI=1S/C22H26Cl2N6O2/c1-12-9-28-7-3-4-15(28)10-29(12)22(32)30-11-16-19(13(30)2)26-27-20(16)25-21(31)14-5-6-17(23)18(24)8-14/h5-6,8,12-13,15H,3-4,7,9-11H2,1-2H3,(H2,25,26,27,31)/t12?,13?,15-/m0/s1. The van der Waals surface area contributed by atoms with Crippen molar-refractivity contribution in [1.29, 1.82) is 0 Å². The van der Waals surface area contributed by atoms with E-state index in [0.717, 1.165) is 37.3 Å². The van der Waals surface area contributed by atoms with Crippen LogP contribution in [-0.4, -0.2) is 68.6 Å². The molecule has 1 aromatic heterocycles. The molecule has 2 unspecified atom stereocenters. The molecule has 3 atom stereocenters. The molecule has 3 amide bonds. The number of rotatable bonds is 2. The van der Waals surface area contributed by atoms with E-state index < -0.39 is 0 Å². The van der Waals surface area contributed by atoms with E-state index >= 15 is 0 Å². The molecule has 0 bridgehead atoms. The Kier molecular flexibility index (Phi) is 5.55. The van der Waals surface area contributed by atoms with Crippen molar-refractivity contribution >= 4 is 41.0 Å². The third-order valence-electron chi connectivity index (χ3n) is 6.96. The lowest BCUT2D eigenvalue weighted by Gasteiger charge is -2.44. The van der Waals surface area contributed by atoms with Gasteiger partial charge < -0.3 is 15.1 Å². The highest BCUT2D eigenvalue weighted by atomic mass is 35.5. The second-order valence-electron chi connectivity index (χ2n) is 8.93. The highest BCUT2D eigenvalue weighted by Crippen LogP contribution is 2.37. The van der Waals surface area contributed by atoms with Crippen molar-refractivity contribution in [2.75, 3.05) is 25.0 Å². The topological polar surface area (TPSA) is 84.6 Å². The van der Waals surface area contributed by atoms with Crippen molar-refractivity contribution in [2.45, 2.75) is 51.4 Å². The first-order valence-corrected chi connectivity index (χ1v) is 11.7. The molecule has 8 nitrogen and oxygen atoms in total. The Morgan fingerprint density at radius 3 is 2.75 bits per heavy atom. The van der Waals surface area contributed by atoms with Crippen LogP contribution in [0, 0.1) is 0 Å². The maximum Gasteiger partial charge on any atom is 0.321 e. The SMILES string of the molecule is CC1CN2CCC[C@H]2CN1C(=O)N1Cc2c(NC(=O)c3ccc(Cl)c(Cl)c3)n[nH]c2C1C. The van der Waals surface area contributed by atoms with E-state index in [9.17, 15) is 9.59 Å². The van der Waals surface area contributed by atoms with Gasteiger partial charge in [0.05, 0.1) is 28.3 Å². The molecule has 5 rings (SSSR count). The zero-order valence-electron chi connectivity index (χ0n) is 18.1. The van der Waals surface area contributed by atoms with E-state index in [1.54, 1.807) is 12.1 Å². The van der Waals surface area contributed by atoms with Crippen molar-refractivity contribution in [3.05, 3.63) is 45.1 Å². The average Bonchev–Trinajstić information content (AvgIpc) is 3.46. The number of anilines is 1. The zero-order chi connectivity index (χ0) is 22.6. The molecule has 1 aromatic carbocycles. The number of benzene rings is 1. The Balaban J connectivity index is 1.31. The minimum Gasteiger partial charge on any atom is -0.319 e. The predicted molar refractivity (Wildman–Crippen MR) is 123 cm³/mol. The van der Waals surface area contributed by atoms with Crippen molar-refractivity contribution in [3.63, 3.8) is 0 Å². The first-order valence-electron chi connectivity index (χ1n) is 11.0. The number of nitrogens with one attached hydrogen (secondary N) is 2. The largest absolute Gasteiger partial charge is 0.321 e. The van der Waals surface area contributed by atoms with Crippen LogP contribution in [0.3, 0.4) is 0 Å². The lowest BCUT2D eigenvalue weighted by Crippen LogP contribution is -2.59. The second-order valence-corrected chi connectivity index (χ2v) is 9.74. The van der Waals surface area contributed by atoms with Gasteiger partial charge in [0, 0.05) is 36.3 Å². The van der Waals surface area contributed by atoms with Gasteiger partial charge in [-0.25, -0.2) is 4.79 Å². The first kappa shape index (κ1) is 21.6. The van der Waals surface area contributed by atoms with Crippen LogP contribution in [0.15, 0.2) is 18.2 Å². The van der Waals surface area contributed by atoms with Crippen LogP contribution in [0.25, 0.3) is 0 Å².